The molecule has 2 fully saturated rings. The maximum atomic E-state index is 13.1. The summed E-state index contributed by atoms with van der Waals surface area (Å²) in [6.07, 6.45) is 2.53. The van der Waals surface area contributed by atoms with Crippen molar-refractivity contribution in [3.63, 3.8) is 0 Å². The molecule has 2 aromatic rings. The molecule has 39 heavy (non-hydrogen) atoms. The maximum absolute atomic E-state index is 13.1. The molecule has 2 aromatic heterocycles. The number of likely N-dealkylation sites (tertiary alicyclic amines) is 2. The van der Waals surface area contributed by atoms with Gasteiger partial charge in [0.25, 0.3) is 5.56 Å². The van der Waals surface area contributed by atoms with Gasteiger partial charge in [-0.25, -0.2) is 9.97 Å². The van der Waals surface area contributed by atoms with Gasteiger partial charge in [0.2, 0.25) is 17.7 Å². The average molecular weight is 551 g/mol. The van der Waals surface area contributed by atoms with Gasteiger partial charge in [0, 0.05) is 52.0 Å². The number of pyridine rings is 1. The molecule has 0 spiro atoms. The van der Waals surface area contributed by atoms with Gasteiger partial charge in [0.15, 0.2) is 0 Å². The highest BCUT2D eigenvalue weighted by Gasteiger charge is 2.36. The van der Waals surface area contributed by atoms with Gasteiger partial charge in [-0.05, 0) is 31.7 Å². The summed E-state index contributed by atoms with van der Waals surface area (Å²) >= 11 is 0. The van der Waals surface area contributed by atoms with Crippen molar-refractivity contribution < 1.29 is 27.5 Å². The van der Waals surface area contributed by atoms with Crippen molar-refractivity contribution in [2.24, 2.45) is 5.92 Å². The van der Waals surface area contributed by atoms with Crippen molar-refractivity contribution >= 4 is 17.5 Å². The van der Waals surface area contributed by atoms with Crippen LogP contribution in [0.4, 0.5) is 18.9 Å². The molecule has 5 rings (SSSR count). The van der Waals surface area contributed by atoms with E-state index in [9.17, 15) is 27.6 Å². The number of alkyl halides is 3. The molecule has 3 aliphatic heterocycles. The first-order chi connectivity index (χ1) is 18.6. The predicted octanol–water partition coefficient (Wildman–Crippen LogP) is 2.62. The molecule has 212 valence electrons. The monoisotopic (exact) mass is 550 g/mol. The number of piperidine rings is 1. The molecule has 0 aromatic carbocycles. The number of hydrogen-bond donors (Lipinski definition) is 1. The van der Waals surface area contributed by atoms with Crippen LogP contribution in [0.2, 0.25) is 0 Å². The minimum absolute atomic E-state index is 0.132. The smallest absolute Gasteiger partial charge is 0.421 e. The Kier molecular flexibility index (Phi) is 8.76. The lowest BCUT2D eigenvalue weighted by molar-refractivity contribution is -0.139. The van der Waals surface area contributed by atoms with Gasteiger partial charge < -0.3 is 24.4 Å². The van der Waals surface area contributed by atoms with Crippen molar-refractivity contribution in [3.05, 3.63) is 45.8 Å². The first-order valence-corrected chi connectivity index (χ1v) is 13.0. The van der Waals surface area contributed by atoms with E-state index in [-0.39, 0.29) is 29.6 Å². The van der Waals surface area contributed by atoms with Crippen LogP contribution in [0.5, 0.6) is 5.88 Å². The second kappa shape index (κ2) is 12.0. The van der Waals surface area contributed by atoms with E-state index in [1.807, 2.05) is 9.80 Å². The molecule has 13 heteroatoms. The standard InChI is InChI=1S/C14H13F3N4O2.C12H20N2O2/c1-23-13-10(14(15,16)17)4-8(5-18-13)21-3-2-11-9(6-21)12(22)20-7-19-11;1-10(15)13-8-4-11(5-9-13)12(16)14-6-2-3-7-14/h4-5,7H,2-3,6H2,1H3,(H,19,20,22);11H,2-9H2,1H3. The van der Waals surface area contributed by atoms with E-state index in [1.54, 1.807) is 11.8 Å². The number of carbonyl (C=O) groups is 2. The molecule has 2 amide bonds. The minimum Gasteiger partial charge on any atom is -0.481 e. The zero-order chi connectivity index (χ0) is 28.2. The van der Waals surface area contributed by atoms with Gasteiger partial charge in [-0.1, -0.05) is 0 Å². The fourth-order valence-electron chi connectivity index (χ4n) is 5.19. The number of anilines is 1. The van der Waals surface area contributed by atoms with E-state index < -0.39 is 17.6 Å². The van der Waals surface area contributed by atoms with E-state index in [4.69, 9.17) is 0 Å². The molecule has 0 saturated carbocycles. The molecule has 0 radical (unpaired) electrons. The zero-order valence-electron chi connectivity index (χ0n) is 22.1. The van der Waals surface area contributed by atoms with Crippen LogP contribution in [0.25, 0.3) is 0 Å². The highest BCUT2D eigenvalue weighted by Crippen LogP contribution is 2.37. The number of amides is 2. The summed E-state index contributed by atoms with van der Waals surface area (Å²) in [5, 5.41) is 0. The van der Waals surface area contributed by atoms with Crippen molar-refractivity contribution in [1.82, 2.24) is 24.8 Å². The van der Waals surface area contributed by atoms with Gasteiger partial charge in [0.05, 0.1) is 43.1 Å². The van der Waals surface area contributed by atoms with Crippen LogP contribution >= 0.6 is 0 Å². The number of H-pyrrole nitrogens is 1. The van der Waals surface area contributed by atoms with Crippen molar-refractivity contribution in [1.29, 1.82) is 0 Å². The number of methoxy groups -OCH3 is 1. The first kappa shape index (κ1) is 28.4. The summed E-state index contributed by atoms with van der Waals surface area (Å²) in [7, 11) is 1.14. The summed E-state index contributed by atoms with van der Waals surface area (Å²) in [5.74, 6) is 0.139. The first-order valence-electron chi connectivity index (χ1n) is 13.0. The third kappa shape index (κ3) is 6.69. The Morgan fingerprint density at radius 2 is 1.74 bits per heavy atom. The number of carbonyl (C=O) groups excluding carboxylic acids is 2. The largest absolute Gasteiger partial charge is 0.481 e. The molecule has 5 heterocycles. The van der Waals surface area contributed by atoms with E-state index >= 15 is 0 Å². The summed E-state index contributed by atoms with van der Waals surface area (Å²) in [6.45, 7) is 5.61. The Morgan fingerprint density at radius 3 is 2.36 bits per heavy atom. The Morgan fingerprint density at radius 1 is 1.05 bits per heavy atom. The van der Waals surface area contributed by atoms with Crippen LogP contribution in [0.3, 0.4) is 0 Å². The molecule has 10 nitrogen and oxygen atoms in total. The quantitative estimate of drug-likeness (QED) is 0.626. The number of hydrogen-bond acceptors (Lipinski definition) is 7. The number of nitrogens with zero attached hydrogens (tertiary/aromatic N) is 5. The summed E-state index contributed by atoms with van der Waals surface area (Å²) in [5.41, 5.74) is 0.193. The zero-order valence-corrected chi connectivity index (χ0v) is 22.1. The van der Waals surface area contributed by atoms with Crippen LogP contribution in [0.1, 0.15) is 49.4 Å². The minimum atomic E-state index is -4.57. The Hall–Kier alpha value is -3.64. The van der Waals surface area contributed by atoms with Crippen LogP contribution in [0, 0.1) is 5.92 Å². The number of aromatic amines is 1. The van der Waals surface area contributed by atoms with Gasteiger partial charge >= 0.3 is 6.18 Å². The second-order valence-corrected chi connectivity index (χ2v) is 9.89. The fourth-order valence-corrected chi connectivity index (χ4v) is 5.19. The normalized spacial score (nSPS) is 17.8. The summed E-state index contributed by atoms with van der Waals surface area (Å²) in [4.78, 5) is 50.9. The maximum Gasteiger partial charge on any atom is 0.421 e. The van der Waals surface area contributed by atoms with Gasteiger partial charge in [-0.2, -0.15) is 13.2 Å². The SMILES string of the molecule is CC(=O)N1CCC(C(=O)N2CCCC2)CC1.COc1ncc(N2CCc3nc[nH]c(=O)c3C2)cc1C(F)(F)F. The molecule has 0 aliphatic carbocycles. The molecule has 1 N–H and O–H groups in total. The Bertz CT molecular complexity index is 1240. The number of fused-ring (bicyclic) bond motifs is 1. The number of aromatic nitrogens is 3. The Labute approximate surface area is 224 Å². The highest BCUT2D eigenvalue weighted by molar-refractivity contribution is 5.80. The lowest BCUT2D eigenvalue weighted by atomic mass is 9.95. The molecule has 3 aliphatic rings. The lowest BCUT2D eigenvalue weighted by Gasteiger charge is -2.32. The molecule has 0 unspecified atom stereocenters. The van der Waals surface area contributed by atoms with E-state index in [0.717, 1.165) is 65.0 Å². The lowest BCUT2D eigenvalue weighted by Crippen LogP contribution is -2.43. The summed E-state index contributed by atoms with van der Waals surface area (Å²) in [6, 6.07) is 0.987. The third-order valence-electron chi connectivity index (χ3n) is 7.41. The van der Waals surface area contributed by atoms with Crippen molar-refractivity contribution in [2.45, 2.75) is 51.7 Å². The van der Waals surface area contributed by atoms with E-state index in [1.165, 1.54) is 12.5 Å². The van der Waals surface area contributed by atoms with Crippen LogP contribution in [-0.4, -0.2) is 76.4 Å². The van der Waals surface area contributed by atoms with E-state index in [0.29, 0.717) is 30.1 Å². The van der Waals surface area contributed by atoms with Gasteiger partial charge in [-0.15, -0.1) is 0 Å². The third-order valence-corrected chi connectivity index (χ3v) is 7.41. The van der Waals surface area contributed by atoms with Gasteiger partial charge in [0.1, 0.15) is 5.56 Å². The molecule has 2 saturated heterocycles. The number of halogens is 3. The van der Waals surface area contributed by atoms with Crippen LogP contribution < -0.4 is 15.2 Å². The Balaban J connectivity index is 0.000000193. The topological polar surface area (TPSA) is 112 Å². The average Bonchev–Trinajstić information content (AvgIpc) is 3.47. The summed E-state index contributed by atoms with van der Waals surface area (Å²) < 4.78 is 43.9. The molecular formula is C26H33F3N6O4. The number of rotatable bonds is 3. The molecule has 0 bridgehead atoms. The van der Waals surface area contributed by atoms with Crippen LogP contribution in [0.15, 0.2) is 23.4 Å². The van der Waals surface area contributed by atoms with E-state index in [2.05, 4.69) is 19.7 Å². The highest BCUT2D eigenvalue weighted by atomic mass is 19.4. The second-order valence-electron chi connectivity index (χ2n) is 9.89. The fraction of sp³-hybridized carbons (Fsp3) is 0.577. The van der Waals surface area contributed by atoms with Gasteiger partial charge in [-0.3, -0.25) is 14.4 Å². The molecule has 0 atom stereocenters. The van der Waals surface area contributed by atoms with Crippen molar-refractivity contribution in [2.75, 3.05) is 44.7 Å². The number of ether oxygens (including phenoxy) is 1. The number of nitrogens with one attached hydrogen (secondary N) is 1. The molecular weight excluding hydrogens is 517 g/mol. The predicted molar refractivity (Wildman–Crippen MR) is 136 cm³/mol. The van der Waals surface area contributed by atoms with Crippen LogP contribution in [-0.2, 0) is 28.7 Å². The van der Waals surface area contributed by atoms with Crippen molar-refractivity contribution in [3.8, 4) is 5.88 Å².